The zero-order chi connectivity index (χ0) is 23.4. The maximum Gasteiger partial charge on any atom is 0.336 e. The second kappa shape index (κ2) is 18.5. The highest BCUT2D eigenvalue weighted by atomic mass is 16.4. The van der Waals surface area contributed by atoms with E-state index >= 15 is 0 Å². The highest BCUT2D eigenvalue weighted by molar-refractivity contribution is 5.95. The topological polar surface area (TPSA) is 74.6 Å². The number of benzene rings is 1. The van der Waals surface area contributed by atoms with Gasteiger partial charge in [-0.15, -0.1) is 0 Å². The molecule has 0 saturated heterocycles. The summed E-state index contributed by atoms with van der Waals surface area (Å²) in [4.78, 5) is 22.4. The lowest BCUT2D eigenvalue weighted by Gasteiger charge is -2.04. The molecule has 32 heavy (non-hydrogen) atoms. The number of aromatic carboxylic acids is 2. The second-order valence-electron chi connectivity index (χ2n) is 8.91. The van der Waals surface area contributed by atoms with Crippen LogP contribution in [0, 0.1) is 0 Å². The van der Waals surface area contributed by atoms with E-state index in [-0.39, 0.29) is 11.1 Å². The molecule has 1 rings (SSSR count). The number of hydrogen-bond donors (Lipinski definition) is 2. The summed E-state index contributed by atoms with van der Waals surface area (Å²) in [5, 5.41) is 18.4. The van der Waals surface area contributed by atoms with Crippen LogP contribution in [-0.4, -0.2) is 22.2 Å². The standard InChI is InChI=1S/C28H44O4/c1-2-3-4-5-6-7-8-9-10-11-12-13-14-15-16-17-18-19-20-24-23-25(27(29)30)21-22-26(24)28(31)32/h19-23H,2-18H2,1H3,(H,29,30)(H,31,32). The molecular weight excluding hydrogens is 400 g/mol. The van der Waals surface area contributed by atoms with E-state index in [0.29, 0.717) is 5.56 Å². The first-order valence-electron chi connectivity index (χ1n) is 12.8. The summed E-state index contributed by atoms with van der Waals surface area (Å²) in [6, 6.07) is 4.12. The Labute approximate surface area is 195 Å². The third kappa shape index (κ3) is 13.3. The van der Waals surface area contributed by atoms with Crippen molar-refractivity contribution in [2.75, 3.05) is 0 Å². The summed E-state index contributed by atoms with van der Waals surface area (Å²) < 4.78 is 0. The van der Waals surface area contributed by atoms with Gasteiger partial charge >= 0.3 is 11.9 Å². The van der Waals surface area contributed by atoms with Crippen LogP contribution in [-0.2, 0) is 0 Å². The normalized spacial score (nSPS) is 11.3. The lowest BCUT2D eigenvalue weighted by atomic mass is 10.0. The van der Waals surface area contributed by atoms with Crippen molar-refractivity contribution in [1.29, 1.82) is 0 Å². The Kier molecular flexibility index (Phi) is 16.1. The molecule has 0 atom stereocenters. The zero-order valence-corrected chi connectivity index (χ0v) is 20.1. The monoisotopic (exact) mass is 444 g/mol. The van der Waals surface area contributed by atoms with Crippen molar-refractivity contribution in [3.8, 4) is 0 Å². The van der Waals surface area contributed by atoms with E-state index in [1.807, 2.05) is 6.08 Å². The van der Waals surface area contributed by atoms with Crippen LogP contribution in [0.2, 0.25) is 0 Å². The van der Waals surface area contributed by atoms with Crippen molar-refractivity contribution < 1.29 is 19.8 Å². The summed E-state index contributed by atoms with van der Waals surface area (Å²) in [7, 11) is 0. The lowest BCUT2D eigenvalue weighted by molar-refractivity contribution is 0.0681. The highest BCUT2D eigenvalue weighted by Gasteiger charge is 2.11. The molecule has 0 radical (unpaired) electrons. The third-order valence-electron chi connectivity index (χ3n) is 6.05. The molecule has 1 aromatic rings. The van der Waals surface area contributed by atoms with E-state index in [1.54, 1.807) is 6.08 Å². The van der Waals surface area contributed by atoms with Gasteiger partial charge in [0.25, 0.3) is 0 Å². The molecule has 0 aliphatic rings. The Balaban J connectivity index is 2.02. The molecule has 0 fully saturated rings. The molecule has 0 unspecified atom stereocenters. The number of unbranched alkanes of at least 4 members (excludes halogenated alkanes) is 16. The molecule has 0 aliphatic carbocycles. The first kappa shape index (κ1) is 27.9. The van der Waals surface area contributed by atoms with Gasteiger partial charge in [0.05, 0.1) is 11.1 Å². The van der Waals surface area contributed by atoms with Gasteiger partial charge in [-0.2, -0.15) is 0 Å². The molecule has 0 heterocycles. The van der Waals surface area contributed by atoms with Gasteiger partial charge in [0.15, 0.2) is 0 Å². The maximum atomic E-state index is 11.3. The molecule has 0 aliphatic heterocycles. The van der Waals surface area contributed by atoms with Crippen molar-refractivity contribution in [3.63, 3.8) is 0 Å². The predicted molar refractivity (Wildman–Crippen MR) is 134 cm³/mol. The summed E-state index contributed by atoms with van der Waals surface area (Å²) in [6.07, 6.45) is 26.1. The van der Waals surface area contributed by atoms with Crippen LogP contribution < -0.4 is 0 Å². The first-order chi connectivity index (χ1) is 15.6. The summed E-state index contributed by atoms with van der Waals surface area (Å²) in [5.41, 5.74) is 0.698. The average molecular weight is 445 g/mol. The van der Waals surface area contributed by atoms with Crippen LogP contribution in [0.25, 0.3) is 6.08 Å². The minimum absolute atomic E-state index is 0.108. The Hall–Kier alpha value is -2.10. The van der Waals surface area contributed by atoms with Crippen molar-refractivity contribution in [2.24, 2.45) is 0 Å². The Morgan fingerprint density at radius 1 is 0.688 bits per heavy atom. The van der Waals surface area contributed by atoms with Crippen molar-refractivity contribution in [1.82, 2.24) is 0 Å². The van der Waals surface area contributed by atoms with Gasteiger partial charge in [0, 0.05) is 0 Å². The van der Waals surface area contributed by atoms with E-state index in [1.165, 1.54) is 115 Å². The minimum Gasteiger partial charge on any atom is -0.478 e. The molecule has 0 spiro atoms. The molecule has 0 saturated carbocycles. The zero-order valence-electron chi connectivity index (χ0n) is 20.1. The van der Waals surface area contributed by atoms with Crippen LogP contribution in [0.3, 0.4) is 0 Å². The third-order valence-corrected chi connectivity index (χ3v) is 6.05. The van der Waals surface area contributed by atoms with E-state index < -0.39 is 11.9 Å². The second-order valence-corrected chi connectivity index (χ2v) is 8.91. The van der Waals surface area contributed by atoms with Crippen LogP contribution in [0.1, 0.15) is 142 Å². The number of carboxylic acids is 2. The number of hydrogen-bond acceptors (Lipinski definition) is 2. The predicted octanol–water partition coefficient (Wildman–Crippen LogP) is 8.75. The largest absolute Gasteiger partial charge is 0.478 e. The van der Waals surface area contributed by atoms with E-state index in [9.17, 15) is 14.7 Å². The molecule has 2 N–H and O–H groups in total. The molecular formula is C28H44O4. The fourth-order valence-electron chi connectivity index (χ4n) is 4.05. The SMILES string of the molecule is CCCCCCCCCCCCCCCCCCC=Cc1cc(C(=O)O)ccc1C(=O)O. The van der Waals surface area contributed by atoms with E-state index in [0.717, 1.165) is 12.8 Å². The Morgan fingerprint density at radius 3 is 1.59 bits per heavy atom. The highest BCUT2D eigenvalue weighted by Crippen LogP contribution is 2.17. The molecule has 0 aromatic heterocycles. The van der Waals surface area contributed by atoms with E-state index in [2.05, 4.69) is 6.92 Å². The van der Waals surface area contributed by atoms with Crippen molar-refractivity contribution in [3.05, 3.63) is 41.0 Å². The van der Waals surface area contributed by atoms with Gasteiger partial charge in [0.1, 0.15) is 0 Å². The number of carboxylic acid groups (broad SMARTS) is 2. The first-order valence-corrected chi connectivity index (χ1v) is 12.8. The van der Waals surface area contributed by atoms with Crippen LogP contribution in [0.4, 0.5) is 0 Å². The van der Waals surface area contributed by atoms with Crippen molar-refractivity contribution >= 4 is 18.0 Å². The number of allylic oxidation sites excluding steroid dienone is 1. The fraction of sp³-hybridized carbons (Fsp3) is 0.643. The van der Waals surface area contributed by atoms with Gasteiger partial charge in [0.2, 0.25) is 0 Å². The molecule has 0 bridgehead atoms. The molecule has 4 nitrogen and oxygen atoms in total. The maximum absolute atomic E-state index is 11.3. The van der Waals surface area contributed by atoms with Gasteiger partial charge < -0.3 is 10.2 Å². The van der Waals surface area contributed by atoms with Gasteiger partial charge in [-0.05, 0) is 36.6 Å². The summed E-state index contributed by atoms with van der Waals surface area (Å²) in [6.45, 7) is 2.27. The molecule has 180 valence electrons. The quantitative estimate of drug-likeness (QED) is 0.197. The van der Waals surface area contributed by atoms with Gasteiger partial charge in [-0.1, -0.05) is 115 Å². The molecule has 1 aromatic carbocycles. The van der Waals surface area contributed by atoms with Crippen LogP contribution in [0.5, 0.6) is 0 Å². The average Bonchev–Trinajstić information content (AvgIpc) is 2.78. The Bertz CT molecular complexity index is 678. The van der Waals surface area contributed by atoms with E-state index in [4.69, 9.17) is 5.11 Å². The molecule has 0 amide bonds. The van der Waals surface area contributed by atoms with Crippen LogP contribution >= 0.6 is 0 Å². The minimum atomic E-state index is -1.05. The van der Waals surface area contributed by atoms with Gasteiger partial charge in [-0.25, -0.2) is 9.59 Å². The summed E-state index contributed by atoms with van der Waals surface area (Å²) in [5.74, 6) is -2.08. The Morgan fingerprint density at radius 2 is 1.16 bits per heavy atom. The van der Waals surface area contributed by atoms with Gasteiger partial charge in [-0.3, -0.25) is 0 Å². The number of carbonyl (C=O) groups is 2. The molecule has 4 heteroatoms. The fourth-order valence-corrected chi connectivity index (χ4v) is 4.05. The summed E-state index contributed by atoms with van der Waals surface area (Å²) >= 11 is 0. The smallest absolute Gasteiger partial charge is 0.336 e. The number of rotatable bonds is 20. The van der Waals surface area contributed by atoms with Crippen molar-refractivity contribution in [2.45, 2.75) is 116 Å². The van der Waals surface area contributed by atoms with Crippen LogP contribution in [0.15, 0.2) is 24.3 Å². The lowest BCUT2D eigenvalue weighted by Crippen LogP contribution is -2.03.